The summed E-state index contributed by atoms with van der Waals surface area (Å²) in [6.07, 6.45) is 1.55. The molecule has 4 rings (SSSR count). The minimum Gasteiger partial charge on any atom is -0.454 e. The molecule has 1 N–H and O–H groups in total. The number of fused-ring (bicyclic) bond motifs is 1. The first-order valence-corrected chi connectivity index (χ1v) is 11.9. The lowest BCUT2D eigenvalue weighted by molar-refractivity contribution is -0.132. The molecule has 0 saturated carbocycles. The number of amides is 3. The summed E-state index contributed by atoms with van der Waals surface area (Å²) < 4.78 is 24.4. The summed E-state index contributed by atoms with van der Waals surface area (Å²) in [5.74, 6) is 0.624. The molecule has 0 unspecified atom stereocenters. The molecule has 0 spiro atoms. The molecular weight excluding hydrogens is 469 g/mol. The van der Waals surface area contributed by atoms with Crippen molar-refractivity contribution >= 4 is 29.0 Å². The molecule has 0 saturated heterocycles. The summed E-state index contributed by atoms with van der Waals surface area (Å²) in [6, 6.07) is 12.7. The van der Waals surface area contributed by atoms with Crippen LogP contribution in [0.25, 0.3) is 0 Å². The highest BCUT2D eigenvalue weighted by Crippen LogP contribution is 2.33. The molecular formula is C26H26FN3O4S. The Morgan fingerprint density at radius 2 is 1.94 bits per heavy atom. The summed E-state index contributed by atoms with van der Waals surface area (Å²) in [5.41, 5.74) is 2.30. The number of thiophene rings is 1. The number of aryl methyl sites for hydroxylation is 1. The van der Waals surface area contributed by atoms with Gasteiger partial charge in [-0.1, -0.05) is 18.2 Å². The molecule has 0 radical (unpaired) electrons. The van der Waals surface area contributed by atoms with E-state index in [-0.39, 0.29) is 25.8 Å². The number of rotatable bonds is 9. The molecule has 2 aromatic carbocycles. The Morgan fingerprint density at radius 1 is 1.11 bits per heavy atom. The van der Waals surface area contributed by atoms with Crippen LogP contribution in [0.4, 0.5) is 14.9 Å². The van der Waals surface area contributed by atoms with Crippen molar-refractivity contribution in [2.45, 2.75) is 20.0 Å². The van der Waals surface area contributed by atoms with E-state index in [1.54, 1.807) is 28.4 Å². The van der Waals surface area contributed by atoms with Crippen molar-refractivity contribution in [3.63, 3.8) is 0 Å². The van der Waals surface area contributed by atoms with Crippen molar-refractivity contribution in [1.29, 1.82) is 0 Å². The Balaban J connectivity index is 1.51. The van der Waals surface area contributed by atoms with Crippen LogP contribution in [0.3, 0.4) is 0 Å². The number of halogens is 1. The van der Waals surface area contributed by atoms with Crippen LogP contribution in [0.5, 0.6) is 11.5 Å². The van der Waals surface area contributed by atoms with Gasteiger partial charge in [0, 0.05) is 23.7 Å². The average Bonchev–Trinajstić information content (AvgIpc) is 3.46. The summed E-state index contributed by atoms with van der Waals surface area (Å²) in [7, 11) is 0. The van der Waals surface area contributed by atoms with Crippen molar-refractivity contribution in [2.24, 2.45) is 0 Å². The topological polar surface area (TPSA) is 71.1 Å². The van der Waals surface area contributed by atoms with E-state index in [1.165, 1.54) is 23.1 Å². The summed E-state index contributed by atoms with van der Waals surface area (Å²) in [6.45, 7) is 6.61. The number of hydrogen-bond acceptors (Lipinski definition) is 5. The van der Waals surface area contributed by atoms with Gasteiger partial charge in [0.1, 0.15) is 12.4 Å². The van der Waals surface area contributed by atoms with E-state index in [1.807, 2.05) is 36.6 Å². The maximum atomic E-state index is 13.5. The minimum atomic E-state index is -0.515. The van der Waals surface area contributed by atoms with Gasteiger partial charge in [0.2, 0.25) is 12.7 Å². The number of urea groups is 1. The zero-order valence-corrected chi connectivity index (χ0v) is 20.1. The van der Waals surface area contributed by atoms with Crippen LogP contribution < -0.4 is 14.8 Å². The normalized spacial score (nSPS) is 11.7. The first-order valence-electron chi connectivity index (χ1n) is 11.0. The molecule has 0 fully saturated rings. The van der Waals surface area contributed by atoms with Gasteiger partial charge in [-0.05, 0) is 59.8 Å². The second-order valence-corrected chi connectivity index (χ2v) is 9.07. The molecule has 0 bridgehead atoms. The number of nitrogens with one attached hydrogen (secondary N) is 1. The maximum absolute atomic E-state index is 13.5. The summed E-state index contributed by atoms with van der Waals surface area (Å²) in [5, 5.41) is 4.64. The van der Waals surface area contributed by atoms with Gasteiger partial charge in [0.05, 0.1) is 6.54 Å². The number of hydrogen-bond donors (Lipinski definition) is 1. The number of carbonyl (C=O) groups is 2. The lowest BCUT2D eigenvalue weighted by Gasteiger charge is -2.27. The molecule has 7 nitrogen and oxygen atoms in total. The van der Waals surface area contributed by atoms with Crippen LogP contribution in [-0.4, -0.2) is 41.6 Å². The number of anilines is 1. The molecule has 1 aliphatic rings. The van der Waals surface area contributed by atoms with Gasteiger partial charge in [-0.15, -0.1) is 17.9 Å². The van der Waals surface area contributed by atoms with Gasteiger partial charge >= 0.3 is 6.03 Å². The summed E-state index contributed by atoms with van der Waals surface area (Å²) in [4.78, 5) is 30.5. The molecule has 1 aromatic heterocycles. The number of benzene rings is 2. The van der Waals surface area contributed by atoms with E-state index < -0.39 is 11.8 Å². The molecule has 0 aliphatic carbocycles. The second-order valence-electron chi connectivity index (χ2n) is 8.07. The highest BCUT2D eigenvalue weighted by Gasteiger charge is 2.23. The fraction of sp³-hybridized carbons (Fsp3) is 0.231. The molecule has 182 valence electrons. The number of carbonyl (C=O) groups excluding carboxylic acids is 2. The van der Waals surface area contributed by atoms with Crippen molar-refractivity contribution in [3.8, 4) is 11.5 Å². The van der Waals surface area contributed by atoms with Gasteiger partial charge in [0.25, 0.3) is 0 Å². The van der Waals surface area contributed by atoms with Gasteiger partial charge in [-0.2, -0.15) is 0 Å². The SMILES string of the molecule is C=CCN(CC(=O)N(Cc1ccc2c(c1)OCO2)Cc1sccc1C)C(=O)Nc1cccc(F)c1. The monoisotopic (exact) mass is 495 g/mol. The zero-order valence-electron chi connectivity index (χ0n) is 19.3. The van der Waals surface area contributed by atoms with Crippen LogP contribution in [0.1, 0.15) is 16.0 Å². The third-order valence-electron chi connectivity index (χ3n) is 5.50. The van der Waals surface area contributed by atoms with Crippen LogP contribution in [0.15, 0.2) is 66.6 Å². The quantitative estimate of drug-likeness (QED) is 0.416. The maximum Gasteiger partial charge on any atom is 0.322 e. The first kappa shape index (κ1) is 24.3. The van der Waals surface area contributed by atoms with E-state index in [0.29, 0.717) is 30.3 Å². The highest BCUT2D eigenvalue weighted by atomic mass is 32.1. The minimum absolute atomic E-state index is 0.156. The van der Waals surface area contributed by atoms with E-state index in [2.05, 4.69) is 11.9 Å². The van der Waals surface area contributed by atoms with E-state index in [9.17, 15) is 14.0 Å². The van der Waals surface area contributed by atoms with Crippen molar-refractivity contribution < 1.29 is 23.5 Å². The third-order valence-corrected chi connectivity index (χ3v) is 6.51. The molecule has 3 amide bonds. The fourth-order valence-electron chi connectivity index (χ4n) is 3.64. The molecule has 9 heteroatoms. The predicted molar refractivity (Wildman–Crippen MR) is 133 cm³/mol. The van der Waals surface area contributed by atoms with Gasteiger partial charge in [0.15, 0.2) is 11.5 Å². The Labute approximate surface area is 207 Å². The molecule has 0 atom stereocenters. The largest absolute Gasteiger partial charge is 0.454 e. The third kappa shape index (κ3) is 6.19. The fourth-order valence-corrected chi connectivity index (χ4v) is 4.56. The van der Waals surface area contributed by atoms with Gasteiger partial charge in [-0.25, -0.2) is 9.18 Å². The predicted octanol–water partition coefficient (Wildman–Crippen LogP) is 5.17. The van der Waals surface area contributed by atoms with Gasteiger partial charge < -0.3 is 24.6 Å². The number of nitrogens with zero attached hydrogens (tertiary/aromatic N) is 2. The number of ether oxygens (including phenoxy) is 2. The second kappa shape index (κ2) is 11.1. The van der Waals surface area contributed by atoms with Crippen LogP contribution >= 0.6 is 11.3 Å². The van der Waals surface area contributed by atoms with Crippen molar-refractivity contribution in [2.75, 3.05) is 25.2 Å². The Kier molecular flexibility index (Phi) is 7.67. The first-order chi connectivity index (χ1) is 16.9. The van der Waals surface area contributed by atoms with E-state index in [0.717, 1.165) is 16.0 Å². The molecule has 35 heavy (non-hydrogen) atoms. The van der Waals surface area contributed by atoms with Crippen molar-refractivity contribution in [1.82, 2.24) is 9.80 Å². The smallest absolute Gasteiger partial charge is 0.322 e. The lowest BCUT2D eigenvalue weighted by atomic mass is 10.1. The standard InChI is InChI=1S/C26H26FN3O4S/c1-3-10-29(26(32)28-21-6-4-5-20(27)13-21)16-25(31)30(15-24-18(2)9-11-35-24)14-19-7-8-22-23(12-19)34-17-33-22/h3-9,11-13H,1,10,14-17H2,2H3,(H,28,32). The van der Waals surface area contributed by atoms with Crippen molar-refractivity contribution in [3.05, 3.63) is 88.4 Å². The van der Waals surface area contributed by atoms with Gasteiger partial charge in [-0.3, -0.25) is 4.79 Å². The van der Waals surface area contributed by atoms with Crippen LogP contribution in [0.2, 0.25) is 0 Å². The Morgan fingerprint density at radius 3 is 2.69 bits per heavy atom. The average molecular weight is 496 g/mol. The van der Waals surface area contributed by atoms with Crippen LogP contribution in [0, 0.1) is 12.7 Å². The Hall–Kier alpha value is -3.85. The Bertz CT molecular complexity index is 1230. The van der Waals surface area contributed by atoms with E-state index in [4.69, 9.17) is 9.47 Å². The van der Waals surface area contributed by atoms with E-state index >= 15 is 0 Å². The molecule has 1 aliphatic heterocycles. The lowest BCUT2D eigenvalue weighted by Crippen LogP contribution is -2.44. The zero-order chi connectivity index (χ0) is 24.8. The molecule has 3 aromatic rings. The molecule has 2 heterocycles. The van der Waals surface area contributed by atoms with Crippen LogP contribution in [-0.2, 0) is 17.9 Å². The summed E-state index contributed by atoms with van der Waals surface area (Å²) >= 11 is 1.58. The highest BCUT2D eigenvalue weighted by molar-refractivity contribution is 7.10.